The average molecular weight is 532 g/mol. The molecule has 0 fully saturated rings. The van der Waals surface area contributed by atoms with Crippen LogP contribution >= 0.6 is 0 Å². The molecule has 202 valence electrons. The smallest absolute Gasteiger partial charge is 0.419 e. The number of ether oxygens (including phenoxy) is 3. The predicted molar refractivity (Wildman–Crippen MR) is 133 cm³/mol. The lowest BCUT2D eigenvalue weighted by molar-refractivity contribution is -0.140. The number of rotatable bonds is 10. The largest absolute Gasteiger partial charge is 0.488 e. The van der Waals surface area contributed by atoms with Crippen LogP contribution in [0.25, 0.3) is 11.1 Å². The Bertz CT molecular complexity index is 1290. The van der Waals surface area contributed by atoms with Gasteiger partial charge in [0.15, 0.2) is 11.5 Å². The fraction of sp³-hybridized carbons (Fsp3) is 0.321. The van der Waals surface area contributed by atoms with E-state index < -0.39 is 30.2 Å². The average Bonchev–Trinajstić information content (AvgIpc) is 2.87. The Kier molecular flexibility index (Phi) is 8.43. The van der Waals surface area contributed by atoms with Gasteiger partial charge in [-0.05, 0) is 59.0 Å². The van der Waals surface area contributed by atoms with Crippen LogP contribution in [-0.4, -0.2) is 42.0 Å². The van der Waals surface area contributed by atoms with Crippen molar-refractivity contribution >= 4 is 5.97 Å². The van der Waals surface area contributed by atoms with E-state index in [0.717, 1.165) is 28.3 Å². The Morgan fingerprint density at radius 1 is 1.08 bits per heavy atom. The molecule has 0 spiro atoms. The normalized spacial score (nSPS) is 13.7. The summed E-state index contributed by atoms with van der Waals surface area (Å²) in [5, 5.41) is 21.1. The van der Waals surface area contributed by atoms with Crippen LogP contribution in [0, 0.1) is 6.92 Å². The van der Waals surface area contributed by atoms with E-state index in [0.29, 0.717) is 30.3 Å². The number of carboxylic acid groups (broad SMARTS) is 1. The Morgan fingerprint density at radius 2 is 1.84 bits per heavy atom. The molecule has 38 heavy (non-hydrogen) atoms. The van der Waals surface area contributed by atoms with Gasteiger partial charge in [0.25, 0.3) is 0 Å². The van der Waals surface area contributed by atoms with E-state index in [1.807, 2.05) is 43.3 Å². The van der Waals surface area contributed by atoms with Crippen molar-refractivity contribution in [3.63, 3.8) is 0 Å². The third-order valence-corrected chi connectivity index (χ3v) is 6.15. The van der Waals surface area contributed by atoms with Crippen molar-refractivity contribution in [2.24, 2.45) is 0 Å². The van der Waals surface area contributed by atoms with E-state index in [1.54, 1.807) is 0 Å². The molecule has 0 radical (unpaired) electrons. The Balaban J connectivity index is 1.48. The Morgan fingerprint density at radius 3 is 2.58 bits per heavy atom. The molecule has 3 aromatic rings. The summed E-state index contributed by atoms with van der Waals surface area (Å²) in [5.41, 5.74) is 2.83. The molecule has 1 heterocycles. The summed E-state index contributed by atoms with van der Waals surface area (Å²) in [4.78, 5) is 10.6. The van der Waals surface area contributed by atoms with E-state index in [4.69, 9.17) is 19.3 Å². The van der Waals surface area contributed by atoms with E-state index in [2.05, 4.69) is 5.32 Å². The number of carbonyl (C=O) groups is 1. The number of aliphatic carboxylic acids is 1. The second-order valence-electron chi connectivity index (χ2n) is 8.95. The first-order valence-electron chi connectivity index (χ1n) is 12.0. The summed E-state index contributed by atoms with van der Waals surface area (Å²) >= 11 is 0. The van der Waals surface area contributed by atoms with Gasteiger partial charge in [-0.2, -0.15) is 13.2 Å². The maximum absolute atomic E-state index is 13.8. The maximum Gasteiger partial charge on any atom is 0.419 e. The van der Waals surface area contributed by atoms with Crippen LogP contribution in [0.5, 0.6) is 17.2 Å². The molecule has 3 aromatic carbocycles. The number of aliphatic hydroxyl groups is 1. The van der Waals surface area contributed by atoms with Gasteiger partial charge in [0.1, 0.15) is 25.6 Å². The molecular weight excluding hydrogens is 503 g/mol. The number of hydrogen-bond donors (Lipinski definition) is 3. The highest BCUT2D eigenvalue weighted by molar-refractivity contribution is 5.71. The first kappa shape index (κ1) is 27.3. The van der Waals surface area contributed by atoms with Gasteiger partial charge in [-0.15, -0.1) is 0 Å². The highest BCUT2D eigenvalue weighted by Gasteiger charge is 2.34. The summed E-state index contributed by atoms with van der Waals surface area (Å²) in [6, 6.07) is 15.0. The van der Waals surface area contributed by atoms with Crippen LogP contribution in [0.2, 0.25) is 0 Å². The number of aliphatic hydroxyl groups excluding tert-OH is 1. The summed E-state index contributed by atoms with van der Waals surface area (Å²) in [5.74, 6) is -0.133. The van der Waals surface area contributed by atoms with Crippen LogP contribution in [0.3, 0.4) is 0 Å². The van der Waals surface area contributed by atoms with Crippen LogP contribution < -0.4 is 19.5 Å². The van der Waals surface area contributed by atoms with Gasteiger partial charge in [-0.1, -0.05) is 30.3 Å². The molecular formula is C28H28F3NO6. The number of halogens is 3. The van der Waals surface area contributed by atoms with Crippen LogP contribution in [-0.2, 0) is 24.1 Å². The summed E-state index contributed by atoms with van der Waals surface area (Å²) < 4.78 is 58.4. The third-order valence-electron chi connectivity index (χ3n) is 6.15. The molecule has 0 unspecified atom stereocenters. The zero-order valence-electron chi connectivity index (χ0n) is 20.7. The summed E-state index contributed by atoms with van der Waals surface area (Å²) in [7, 11) is 0. The van der Waals surface area contributed by atoms with Crippen LogP contribution in [0.1, 0.15) is 28.7 Å². The molecule has 0 aromatic heterocycles. The number of nitrogens with one attached hydrogen (secondary N) is 1. The number of carboxylic acids is 1. The molecule has 10 heteroatoms. The fourth-order valence-electron chi connectivity index (χ4n) is 4.21. The standard InChI is InChI=1S/C28H28F3NO6/c1-17-20(3-2-4-22(17)19-6-8-25-26(12-19)37-10-9-36-25)16-38-24-7-5-18(11-23(24)28(29,30)31)14-32-15-21(33)13-27(34)35/h2-8,11-12,21,32-33H,9-10,13-16H2,1H3,(H,34,35)/t21-/m0/s1. The zero-order chi connectivity index (χ0) is 27.3. The Labute approximate surface area is 217 Å². The topological polar surface area (TPSA) is 97.2 Å². The van der Waals surface area contributed by atoms with Crippen LogP contribution in [0.15, 0.2) is 54.6 Å². The van der Waals surface area contributed by atoms with Gasteiger partial charge in [0, 0.05) is 13.1 Å². The van der Waals surface area contributed by atoms with Crippen molar-refractivity contribution in [1.29, 1.82) is 0 Å². The van der Waals surface area contributed by atoms with Crippen molar-refractivity contribution in [2.45, 2.75) is 38.8 Å². The minimum atomic E-state index is -4.64. The van der Waals surface area contributed by atoms with Gasteiger partial charge in [0.2, 0.25) is 0 Å². The minimum Gasteiger partial charge on any atom is -0.488 e. The molecule has 0 saturated carbocycles. The molecule has 4 rings (SSSR count). The number of fused-ring (bicyclic) bond motifs is 1. The number of benzene rings is 3. The lowest BCUT2D eigenvalue weighted by Gasteiger charge is -2.20. The second kappa shape index (κ2) is 11.7. The number of hydrogen-bond acceptors (Lipinski definition) is 6. The van der Waals surface area contributed by atoms with Gasteiger partial charge in [-0.25, -0.2) is 0 Å². The molecule has 0 aliphatic carbocycles. The molecule has 0 amide bonds. The SMILES string of the molecule is Cc1c(COc2ccc(CNC[C@@H](O)CC(=O)O)cc2C(F)(F)F)cccc1-c1ccc2c(c1)OCCO2. The van der Waals surface area contributed by atoms with Gasteiger partial charge >= 0.3 is 12.1 Å². The lowest BCUT2D eigenvalue weighted by Crippen LogP contribution is -2.28. The maximum atomic E-state index is 13.8. The Hall–Kier alpha value is -3.76. The third kappa shape index (κ3) is 6.76. The molecule has 3 N–H and O–H groups in total. The van der Waals surface area contributed by atoms with E-state index in [1.165, 1.54) is 12.1 Å². The monoisotopic (exact) mass is 531 g/mol. The number of alkyl halides is 3. The summed E-state index contributed by atoms with van der Waals surface area (Å²) in [6.07, 6.45) is -6.24. The van der Waals surface area contributed by atoms with Crippen molar-refractivity contribution in [1.82, 2.24) is 5.32 Å². The van der Waals surface area contributed by atoms with Crippen LogP contribution in [0.4, 0.5) is 13.2 Å². The molecule has 7 nitrogen and oxygen atoms in total. The second-order valence-corrected chi connectivity index (χ2v) is 8.95. The van der Waals surface area contributed by atoms with E-state index >= 15 is 0 Å². The highest BCUT2D eigenvalue weighted by atomic mass is 19.4. The summed E-state index contributed by atoms with van der Waals surface area (Å²) in [6.45, 7) is 2.74. The lowest BCUT2D eigenvalue weighted by atomic mass is 9.96. The molecule has 0 saturated heterocycles. The van der Waals surface area contributed by atoms with Gasteiger partial charge < -0.3 is 29.7 Å². The van der Waals surface area contributed by atoms with Crippen molar-refractivity contribution < 1.29 is 42.4 Å². The first-order chi connectivity index (χ1) is 18.1. The van der Waals surface area contributed by atoms with E-state index in [-0.39, 0.29) is 25.4 Å². The van der Waals surface area contributed by atoms with Crippen molar-refractivity contribution in [2.75, 3.05) is 19.8 Å². The highest BCUT2D eigenvalue weighted by Crippen LogP contribution is 2.38. The van der Waals surface area contributed by atoms with E-state index in [9.17, 15) is 23.1 Å². The molecule has 0 bridgehead atoms. The molecule has 1 aliphatic rings. The minimum absolute atomic E-state index is 0.0245. The van der Waals surface area contributed by atoms with Crippen molar-refractivity contribution in [3.05, 3.63) is 76.9 Å². The van der Waals surface area contributed by atoms with Gasteiger partial charge in [-0.3, -0.25) is 4.79 Å². The molecule has 1 atom stereocenters. The zero-order valence-corrected chi connectivity index (χ0v) is 20.7. The predicted octanol–water partition coefficient (Wildman–Crippen LogP) is 4.96. The van der Waals surface area contributed by atoms with Gasteiger partial charge in [0.05, 0.1) is 18.1 Å². The molecule has 1 aliphatic heterocycles. The van der Waals surface area contributed by atoms with Crippen molar-refractivity contribution in [3.8, 4) is 28.4 Å². The quantitative estimate of drug-likeness (QED) is 0.340. The fourth-order valence-corrected chi connectivity index (χ4v) is 4.21. The first-order valence-corrected chi connectivity index (χ1v) is 12.0.